The molecule has 0 aliphatic carbocycles. The van der Waals surface area contributed by atoms with E-state index in [1.165, 1.54) is 16.7 Å². The maximum absolute atomic E-state index is 12.2. The summed E-state index contributed by atoms with van der Waals surface area (Å²) in [7, 11) is 1.68. The van der Waals surface area contributed by atoms with Crippen LogP contribution in [0.1, 0.15) is 5.56 Å². The second-order valence-corrected chi connectivity index (χ2v) is 7.58. The first-order valence-electron chi connectivity index (χ1n) is 8.84. The first-order chi connectivity index (χ1) is 13.6. The van der Waals surface area contributed by atoms with Crippen molar-refractivity contribution in [1.29, 1.82) is 0 Å². The predicted molar refractivity (Wildman–Crippen MR) is 116 cm³/mol. The summed E-state index contributed by atoms with van der Waals surface area (Å²) in [5.74, 6) is 1.44. The molecule has 2 aromatic carbocycles. The number of carbonyl (C=O) groups is 1. The number of thioether (sulfide) groups is 1. The normalized spacial score (nSPS) is 15.3. The first kappa shape index (κ1) is 20.4. The van der Waals surface area contributed by atoms with E-state index in [0.29, 0.717) is 41.4 Å². The van der Waals surface area contributed by atoms with Gasteiger partial charge in [-0.15, -0.1) is 0 Å². The zero-order valence-electron chi connectivity index (χ0n) is 15.5. The fourth-order valence-corrected chi connectivity index (χ4v) is 3.64. The number of hydrogen-bond donors (Lipinski definition) is 0. The Balaban J connectivity index is 1.44. The third-order valence-electron chi connectivity index (χ3n) is 3.92. The summed E-state index contributed by atoms with van der Waals surface area (Å²) in [5.41, 5.74) is 0.837. The molecule has 0 bridgehead atoms. The Morgan fingerprint density at radius 3 is 2.36 bits per heavy atom. The van der Waals surface area contributed by atoms with Crippen molar-refractivity contribution in [2.45, 2.75) is 0 Å². The lowest BCUT2D eigenvalue weighted by Crippen LogP contribution is -2.22. The molecular formula is C21H21NO4S2. The van der Waals surface area contributed by atoms with Crippen LogP contribution in [0.5, 0.6) is 11.5 Å². The molecule has 7 heteroatoms. The van der Waals surface area contributed by atoms with Crippen LogP contribution >= 0.6 is 24.0 Å². The van der Waals surface area contributed by atoms with E-state index in [4.69, 9.17) is 26.4 Å². The molecule has 0 saturated carbocycles. The van der Waals surface area contributed by atoms with E-state index in [1.807, 2.05) is 60.7 Å². The van der Waals surface area contributed by atoms with Crippen molar-refractivity contribution >= 4 is 40.3 Å². The highest BCUT2D eigenvalue weighted by Crippen LogP contribution is 2.33. The molecule has 1 aliphatic rings. The third-order valence-corrected chi connectivity index (χ3v) is 5.40. The highest BCUT2D eigenvalue weighted by Gasteiger charge is 2.28. The van der Waals surface area contributed by atoms with E-state index in [-0.39, 0.29) is 5.91 Å². The maximum Gasteiger partial charge on any atom is 0.265 e. The van der Waals surface area contributed by atoms with Crippen LogP contribution in [0.15, 0.2) is 59.5 Å². The summed E-state index contributed by atoms with van der Waals surface area (Å²) in [6, 6.07) is 17.2. The van der Waals surface area contributed by atoms with Crippen LogP contribution < -0.4 is 9.47 Å². The van der Waals surface area contributed by atoms with Crippen LogP contribution in [0.3, 0.4) is 0 Å². The lowest BCUT2D eigenvalue weighted by atomic mass is 10.2. The molecule has 0 radical (unpaired) electrons. The molecule has 1 aliphatic heterocycles. The highest BCUT2D eigenvalue weighted by molar-refractivity contribution is 8.26. The SMILES string of the molecule is CN1C(=O)/C(=C/c2ccccc2OCCOCCOc2ccccc2)SC1=S. The number of amides is 1. The van der Waals surface area contributed by atoms with Crippen molar-refractivity contribution in [2.75, 3.05) is 33.5 Å². The van der Waals surface area contributed by atoms with E-state index in [9.17, 15) is 4.79 Å². The van der Waals surface area contributed by atoms with Crippen molar-refractivity contribution in [2.24, 2.45) is 0 Å². The van der Waals surface area contributed by atoms with Gasteiger partial charge in [0.05, 0.1) is 18.1 Å². The van der Waals surface area contributed by atoms with Gasteiger partial charge in [-0.2, -0.15) is 0 Å². The van der Waals surface area contributed by atoms with Crippen LogP contribution in [-0.2, 0) is 9.53 Å². The van der Waals surface area contributed by atoms with E-state index < -0.39 is 0 Å². The molecule has 1 saturated heterocycles. The average molecular weight is 416 g/mol. The molecule has 0 spiro atoms. The number of nitrogens with zero attached hydrogens (tertiary/aromatic N) is 1. The van der Waals surface area contributed by atoms with Crippen molar-refractivity contribution in [3.63, 3.8) is 0 Å². The summed E-state index contributed by atoms with van der Waals surface area (Å²) < 4.78 is 17.5. The van der Waals surface area contributed by atoms with E-state index in [1.54, 1.807) is 7.05 Å². The zero-order chi connectivity index (χ0) is 19.8. The van der Waals surface area contributed by atoms with Crippen LogP contribution in [0.25, 0.3) is 6.08 Å². The predicted octanol–water partition coefficient (Wildman–Crippen LogP) is 3.99. The number of thiocarbonyl (C=S) groups is 1. The minimum Gasteiger partial charge on any atom is -0.491 e. The highest BCUT2D eigenvalue weighted by atomic mass is 32.2. The summed E-state index contributed by atoms with van der Waals surface area (Å²) in [5, 5.41) is 0. The second-order valence-electron chi connectivity index (χ2n) is 5.90. The third kappa shape index (κ3) is 5.58. The van der Waals surface area contributed by atoms with Crippen molar-refractivity contribution in [3.8, 4) is 11.5 Å². The van der Waals surface area contributed by atoms with Crippen LogP contribution in [0, 0.1) is 0 Å². The van der Waals surface area contributed by atoms with Gasteiger partial charge in [0, 0.05) is 12.6 Å². The van der Waals surface area contributed by atoms with Gasteiger partial charge in [-0.25, -0.2) is 0 Å². The second kappa shape index (κ2) is 10.3. The first-order valence-corrected chi connectivity index (χ1v) is 10.1. The number of rotatable bonds is 9. The Kier molecular flexibility index (Phi) is 7.47. The Labute approximate surface area is 174 Å². The Morgan fingerprint density at radius 1 is 0.964 bits per heavy atom. The van der Waals surface area contributed by atoms with Gasteiger partial charge >= 0.3 is 0 Å². The molecule has 0 unspecified atom stereocenters. The van der Waals surface area contributed by atoms with Crippen molar-refractivity contribution < 1.29 is 19.0 Å². The minimum atomic E-state index is -0.0912. The van der Waals surface area contributed by atoms with Gasteiger partial charge < -0.3 is 14.2 Å². The molecule has 3 rings (SSSR count). The molecule has 0 atom stereocenters. The van der Waals surface area contributed by atoms with Crippen LogP contribution in [-0.4, -0.2) is 48.6 Å². The van der Waals surface area contributed by atoms with E-state index >= 15 is 0 Å². The average Bonchev–Trinajstić information content (AvgIpc) is 2.96. The van der Waals surface area contributed by atoms with Crippen LogP contribution in [0.4, 0.5) is 0 Å². The molecule has 1 heterocycles. The molecule has 1 fully saturated rings. The fourth-order valence-electron chi connectivity index (χ4n) is 2.47. The van der Waals surface area contributed by atoms with Gasteiger partial charge in [0.1, 0.15) is 29.0 Å². The van der Waals surface area contributed by atoms with Gasteiger partial charge in [-0.1, -0.05) is 60.4 Å². The molecule has 5 nitrogen and oxygen atoms in total. The smallest absolute Gasteiger partial charge is 0.265 e. The van der Waals surface area contributed by atoms with E-state index in [0.717, 1.165) is 11.3 Å². The van der Waals surface area contributed by atoms with Crippen molar-refractivity contribution in [1.82, 2.24) is 4.90 Å². The Morgan fingerprint density at radius 2 is 1.64 bits per heavy atom. The van der Waals surface area contributed by atoms with E-state index in [2.05, 4.69) is 0 Å². The molecular weight excluding hydrogens is 394 g/mol. The number of ether oxygens (including phenoxy) is 3. The topological polar surface area (TPSA) is 48.0 Å². The number of likely N-dealkylation sites (N-methyl/N-ethyl adjacent to an activating group) is 1. The van der Waals surface area contributed by atoms with Gasteiger partial charge in [-0.3, -0.25) is 9.69 Å². The van der Waals surface area contributed by atoms with Crippen LogP contribution in [0.2, 0.25) is 0 Å². The number of para-hydroxylation sites is 2. The van der Waals surface area contributed by atoms with Gasteiger partial charge in [-0.05, 0) is 24.3 Å². The Bertz CT molecular complexity index is 854. The van der Waals surface area contributed by atoms with Gasteiger partial charge in [0.25, 0.3) is 5.91 Å². The zero-order valence-corrected chi connectivity index (χ0v) is 17.1. The number of benzene rings is 2. The van der Waals surface area contributed by atoms with Gasteiger partial charge in [0.2, 0.25) is 0 Å². The molecule has 146 valence electrons. The molecule has 28 heavy (non-hydrogen) atoms. The quantitative estimate of drug-likeness (QED) is 0.351. The number of hydrogen-bond acceptors (Lipinski definition) is 6. The van der Waals surface area contributed by atoms with Crippen molar-refractivity contribution in [3.05, 3.63) is 65.1 Å². The van der Waals surface area contributed by atoms with Gasteiger partial charge in [0.15, 0.2) is 0 Å². The molecule has 1 amide bonds. The minimum absolute atomic E-state index is 0.0912. The summed E-state index contributed by atoms with van der Waals surface area (Å²) in [6.07, 6.45) is 1.81. The summed E-state index contributed by atoms with van der Waals surface area (Å²) >= 11 is 6.46. The Hall–Kier alpha value is -2.35. The monoisotopic (exact) mass is 415 g/mol. The molecule has 0 N–H and O–H groups in total. The largest absolute Gasteiger partial charge is 0.491 e. The standard InChI is InChI=1S/C21H21NO4S2/c1-22-20(23)19(28-21(22)27)15-16-7-5-6-10-18(16)26-14-12-24-11-13-25-17-8-3-2-4-9-17/h2-10,15H,11-14H2,1H3/b19-15-. The fraction of sp³-hybridized carbons (Fsp3) is 0.238. The lowest BCUT2D eigenvalue weighted by molar-refractivity contribution is -0.121. The number of carbonyl (C=O) groups excluding carboxylic acids is 1. The molecule has 2 aromatic rings. The molecule has 0 aromatic heterocycles. The lowest BCUT2D eigenvalue weighted by Gasteiger charge is -2.10. The summed E-state index contributed by atoms with van der Waals surface area (Å²) in [6.45, 7) is 1.83. The summed E-state index contributed by atoms with van der Waals surface area (Å²) in [4.78, 5) is 14.2. The maximum atomic E-state index is 12.2.